The average molecular weight is 627 g/mol. The molecule has 0 radical (unpaired) electrons. The zero-order chi connectivity index (χ0) is 31.6. The smallest absolute Gasteiger partial charge is 0.269 e. The summed E-state index contributed by atoms with van der Waals surface area (Å²) in [6.07, 6.45) is 3.45. The third-order valence-corrected chi connectivity index (χ3v) is 10.3. The van der Waals surface area contributed by atoms with E-state index in [9.17, 15) is 23.3 Å². The van der Waals surface area contributed by atoms with Crippen LogP contribution in [0.15, 0.2) is 89.8 Å². The van der Waals surface area contributed by atoms with Crippen LogP contribution >= 0.6 is 0 Å². The fraction of sp³-hybridized carbons (Fsp3) is 0.273. The van der Waals surface area contributed by atoms with Crippen molar-refractivity contribution in [3.63, 3.8) is 0 Å². The standard InChI is InChI=1S/C33H34N6O5S/c1-35-16-18-37(19-17-35)33-27(24-26-4-2-3-5-31(26)34-33)8-15-32(40)25-6-9-28(10-7-25)36-20-22-38(23-21-36)45(43,44)30-13-11-29(12-14-30)39(41)42/h2-15,24H,16-23H2,1H3/b15-8+. The second-order valence-electron chi connectivity index (χ2n) is 11.3. The SMILES string of the molecule is CN1CCN(c2nc3ccccc3cc2/C=C/C(=O)c2ccc(N3CCN(S(=O)(=O)c4ccc([N+](=O)[O-])cc4)CC3)cc2)CC1. The molecule has 2 fully saturated rings. The van der Waals surface area contributed by atoms with E-state index in [4.69, 9.17) is 4.98 Å². The first-order chi connectivity index (χ1) is 21.7. The monoisotopic (exact) mass is 626 g/mol. The fourth-order valence-corrected chi connectivity index (χ4v) is 7.11. The van der Waals surface area contributed by atoms with Crippen molar-refractivity contribution in [1.29, 1.82) is 0 Å². The van der Waals surface area contributed by atoms with Gasteiger partial charge in [0.1, 0.15) is 5.82 Å². The van der Waals surface area contributed by atoms with Gasteiger partial charge in [-0.1, -0.05) is 18.2 Å². The molecule has 0 bridgehead atoms. The predicted octanol–water partition coefficient (Wildman–Crippen LogP) is 4.30. The normalized spacial score (nSPS) is 16.8. The maximum atomic E-state index is 13.2. The van der Waals surface area contributed by atoms with Crippen molar-refractivity contribution in [3.05, 3.63) is 106 Å². The lowest BCUT2D eigenvalue weighted by Gasteiger charge is -2.35. The lowest BCUT2D eigenvalue weighted by molar-refractivity contribution is -0.384. The van der Waals surface area contributed by atoms with Crippen LogP contribution in [0.2, 0.25) is 0 Å². The van der Waals surface area contributed by atoms with E-state index in [1.807, 2.05) is 42.5 Å². The van der Waals surface area contributed by atoms with E-state index in [0.717, 1.165) is 54.2 Å². The number of sulfonamides is 1. The van der Waals surface area contributed by atoms with Gasteiger partial charge < -0.3 is 14.7 Å². The molecule has 2 saturated heterocycles. The first-order valence-corrected chi connectivity index (χ1v) is 16.3. The van der Waals surface area contributed by atoms with E-state index in [1.165, 1.54) is 28.6 Å². The van der Waals surface area contributed by atoms with Gasteiger partial charge in [-0.15, -0.1) is 0 Å². The van der Waals surface area contributed by atoms with Crippen molar-refractivity contribution in [2.75, 3.05) is 69.2 Å². The number of likely N-dealkylation sites (N-methyl/N-ethyl adjacent to an activating group) is 1. The molecular weight excluding hydrogens is 592 g/mol. The quantitative estimate of drug-likeness (QED) is 0.122. The molecule has 2 aliphatic rings. The first kappa shape index (κ1) is 30.4. The van der Waals surface area contributed by atoms with Gasteiger partial charge in [-0.05, 0) is 67.7 Å². The summed E-state index contributed by atoms with van der Waals surface area (Å²) in [5.41, 5.74) is 3.14. The van der Waals surface area contributed by atoms with E-state index in [0.29, 0.717) is 18.7 Å². The highest BCUT2D eigenvalue weighted by Crippen LogP contribution is 2.27. The van der Waals surface area contributed by atoms with Gasteiger partial charge in [0, 0.05) is 86.7 Å². The molecule has 12 heteroatoms. The largest absolute Gasteiger partial charge is 0.369 e. The molecule has 3 aromatic carbocycles. The number of carbonyl (C=O) groups is 1. The number of rotatable bonds is 8. The number of allylic oxidation sites excluding steroid dienone is 1. The van der Waals surface area contributed by atoms with E-state index in [1.54, 1.807) is 18.2 Å². The number of carbonyl (C=O) groups excluding carboxylic acids is 1. The summed E-state index contributed by atoms with van der Waals surface area (Å²) in [5.74, 6) is 0.772. The molecule has 0 aliphatic carbocycles. The average Bonchev–Trinajstić information content (AvgIpc) is 3.07. The lowest BCUT2D eigenvalue weighted by atomic mass is 10.1. The Morgan fingerprint density at radius 1 is 0.844 bits per heavy atom. The van der Waals surface area contributed by atoms with Gasteiger partial charge >= 0.3 is 0 Å². The van der Waals surface area contributed by atoms with Crippen molar-refractivity contribution in [2.24, 2.45) is 0 Å². The van der Waals surface area contributed by atoms with Gasteiger partial charge in [0.25, 0.3) is 5.69 Å². The third kappa shape index (κ3) is 6.58. The number of nitro benzene ring substituents is 1. The molecule has 6 rings (SSSR count). The fourth-order valence-electron chi connectivity index (χ4n) is 5.69. The van der Waals surface area contributed by atoms with Crippen LogP contribution in [0.3, 0.4) is 0 Å². The summed E-state index contributed by atoms with van der Waals surface area (Å²) in [5, 5.41) is 11.9. The van der Waals surface area contributed by atoms with E-state index in [-0.39, 0.29) is 29.5 Å². The Bertz CT molecular complexity index is 1850. The van der Waals surface area contributed by atoms with Gasteiger partial charge in [-0.25, -0.2) is 13.4 Å². The molecule has 0 amide bonds. The molecule has 0 unspecified atom stereocenters. The highest BCUT2D eigenvalue weighted by atomic mass is 32.2. The maximum absolute atomic E-state index is 13.2. The molecule has 0 N–H and O–H groups in total. The van der Waals surface area contributed by atoms with Gasteiger partial charge in [0.05, 0.1) is 15.3 Å². The number of nitrogens with zero attached hydrogens (tertiary/aromatic N) is 6. The van der Waals surface area contributed by atoms with Crippen LogP contribution in [0.25, 0.3) is 17.0 Å². The van der Waals surface area contributed by atoms with E-state index in [2.05, 4.69) is 27.8 Å². The molecule has 3 heterocycles. The summed E-state index contributed by atoms with van der Waals surface area (Å²) in [6.45, 7) is 5.15. The number of piperazine rings is 2. The minimum Gasteiger partial charge on any atom is -0.369 e. The van der Waals surface area contributed by atoms with Crippen LogP contribution in [0.5, 0.6) is 0 Å². The van der Waals surface area contributed by atoms with Crippen LogP contribution in [0, 0.1) is 10.1 Å². The number of fused-ring (bicyclic) bond motifs is 1. The molecule has 11 nitrogen and oxygen atoms in total. The number of non-ortho nitro benzene ring substituents is 1. The molecular formula is C33H34N6O5S. The highest BCUT2D eigenvalue weighted by Gasteiger charge is 2.29. The van der Waals surface area contributed by atoms with E-state index >= 15 is 0 Å². The number of hydrogen-bond donors (Lipinski definition) is 0. The third-order valence-electron chi connectivity index (χ3n) is 8.39. The Morgan fingerprint density at radius 3 is 2.16 bits per heavy atom. The highest BCUT2D eigenvalue weighted by molar-refractivity contribution is 7.89. The number of para-hydroxylation sites is 1. The summed E-state index contributed by atoms with van der Waals surface area (Å²) in [7, 11) is -1.64. The summed E-state index contributed by atoms with van der Waals surface area (Å²) >= 11 is 0. The zero-order valence-corrected chi connectivity index (χ0v) is 25.8. The van der Waals surface area contributed by atoms with Crippen LogP contribution in [-0.2, 0) is 10.0 Å². The molecule has 2 aliphatic heterocycles. The van der Waals surface area contributed by atoms with Crippen LogP contribution in [-0.4, -0.2) is 92.7 Å². The van der Waals surface area contributed by atoms with Crippen molar-refractivity contribution in [3.8, 4) is 0 Å². The Kier molecular flexibility index (Phi) is 8.61. The summed E-state index contributed by atoms with van der Waals surface area (Å²) in [6, 6.07) is 22.4. The summed E-state index contributed by atoms with van der Waals surface area (Å²) < 4.78 is 27.5. The number of benzene rings is 3. The summed E-state index contributed by atoms with van der Waals surface area (Å²) in [4.78, 5) is 35.2. The van der Waals surface area contributed by atoms with Gasteiger partial charge in [0.15, 0.2) is 5.78 Å². The number of nitro groups is 1. The number of aromatic nitrogens is 1. The Morgan fingerprint density at radius 2 is 1.49 bits per heavy atom. The number of pyridine rings is 1. The van der Waals surface area contributed by atoms with E-state index < -0.39 is 14.9 Å². The van der Waals surface area contributed by atoms with Crippen molar-refractivity contribution in [2.45, 2.75) is 4.90 Å². The Hall–Kier alpha value is -4.65. The van der Waals surface area contributed by atoms with Crippen LogP contribution in [0.4, 0.5) is 17.2 Å². The van der Waals surface area contributed by atoms with Crippen LogP contribution in [0.1, 0.15) is 15.9 Å². The first-order valence-electron chi connectivity index (χ1n) is 14.8. The topological polar surface area (TPSA) is 120 Å². The number of ketones is 1. The lowest BCUT2D eigenvalue weighted by Crippen LogP contribution is -2.48. The van der Waals surface area contributed by atoms with Crippen LogP contribution < -0.4 is 9.80 Å². The molecule has 0 atom stereocenters. The molecule has 232 valence electrons. The van der Waals surface area contributed by atoms with Gasteiger partial charge in [-0.3, -0.25) is 14.9 Å². The molecule has 0 spiro atoms. The Labute approximate surface area is 262 Å². The molecule has 1 aromatic heterocycles. The van der Waals surface area contributed by atoms with Crippen molar-refractivity contribution >= 4 is 50.0 Å². The molecule has 0 saturated carbocycles. The maximum Gasteiger partial charge on any atom is 0.269 e. The van der Waals surface area contributed by atoms with Crippen molar-refractivity contribution < 1.29 is 18.1 Å². The van der Waals surface area contributed by atoms with Gasteiger partial charge in [-0.2, -0.15) is 4.31 Å². The molecule has 4 aromatic rings. The minimum absolute atomic E-state index is 0.0348. The zero-order valence-electron chi connectivity index (χ0n) is 24.9. The number of hydrogen-bond acceptors (Lipinski definition) is 9. The van der Waals surface area contributed by atoms with Gasteiger partial charge in [0.2, 0.25) is 10.0 Å². The second-order valence-corrected chi connectivity index (χ2v) is 13.2. The minimum atomic E-state index is -3.76. The predicted molar refractivity (Wildman–Crippen MR) is 175 cm³/mol. The molecule has 45 heavy (non-hydrogen) atoms. The number of anilines is 2. The van der Waals surface area contributed by atoms with Crippen molar-refractivity contribution in [1.82, 2.24) is 14.2 Å². The second kappa shape index (κ2) is 12.8. The Balaban J connectivity index is 1.12.